The lowest BCUT2D eigenvalue weighted by Gasteiger charge is -2.04. The van der Waals surface area contributed by atoms with Gasteiger partial charge in [0.2, 0.25) is 5.88 Å². The summed E-state index contributed by atoms with van der Waals surface area (Å²) in [6.07, 6.45) is 5.76. The Balaban J connectivity index is 1.67. The topological polar surface area (TPSA) is 34.1 Å². The summed E-state index contributed by atoms with van der Waals surface area (Å²) >= 11 is 0. The van der Waals surface area contributed by atoms with Crippen LogP contribution in [0.25, 0.3) is 0 Å². The minimum absolute atomic E-state index is 0.685. The number of pyridine rings is 1. The van der Waals surface area contributed by atoms with Crippen LogP contribution >= 0.6 is 0 Å². The van der Waals surface area contributed by atoms with Gasteiger partial charge in [-0.15, -0.1) is 0 Å². The van der Waals surface area contributed by atoms with Crippen molar-refractivity contribution >= 4 is 0 Å². The highest BCUT2D eigenvalue weighted by Gasteiger charge is 2.19. The van der Waals surface area contributed by atoms with Gasteiger partial charge in [0.05, 0.1) is 7.11 Å². The van der Waals surface area contributed by atoms with Gasteiger partial charge in [0.15, 0.2) is 0 Å². The first-order valence-electron chi connectivity index (χ1n) is 5.58. The summed E-state index contributed by atoms with van der Waals surface area (Å²) in [5.74, 6) is 1.64. The number of nitrogens with zero attached hydrogens (tertiary/aromatic N) is 1. The zero-order chi connectivity index (χ0) is 10.5. The number of methoxy groups -OCH3 is 1. The molecular formula is C12H18N2O. The maximum Gasteiger partial charge on any atom is 0.212 e. The van der Waals surface area contributed by atoms with Crippen molar-refractivity contribution in [2.75, 3.05) is 20.2 Å². The summed E-state index contributed by atoms with van der Waals surface area (Å²) in [6, 6.07) is 3.99. The van der Waals surface area contributed by atoms with Gasteiger partial charge < -0.3 is 10.1 Å². The van der Waals surface area contributed by atoms with Crippen LogP contribution in [0.2, 0.25) is 0 Å². The Labute approximate surface area is 90.9 Å². The van der Waals surface area contributed by atoms with Crippen molar-refractivity contribution in [1.29, 1.82) is 0 Å². The second kappa shape index (κ2) is 5.12. The maximum absolute atomic E-state index is 5.01. The Morgan fingerprint density at radius 1 is 1.47 bits per heavy atom. The Bertz CT molecular complexity index is 293. The van der Waals surface area contributed by atoms with Gasteiger partial charge in [-0.2, -0.15) is 0 Å². The van der Waals surface area contributed by atoms with Gasteiger partial charge in [-0.1, -0.05) is 6.07 Å². The van der Waals surface area contributed by atoms with Crippen LogP contribution in [-0.4, -0.2) is 25.2 Å². The summed E-state index contributed by atoms with van der Waals surface area (Å²) < 4.78 is 5.01. The first kappa shape index (κ1) is 10.4. The van der Waals surface area contributed by atoms with Crippen LogP contribution in [0.1, 0.15) is 18.4 Å². The molecule has 1 aliphatic carbocycles. The van der Waals surface area contributed by atoms with Gasteiger partial charge in [0.25, 0.3) is 0 Å². The lowest BCUT2D eigenvalue weighted by molar-refractivity contribution is 0.397. The fourth-order valence-electron chi connectivity index (χ4n) is 1.54. The number of ether oxygens (including phenoxy) is 1. The predicted octanol–water partition coefficient (Wildman–Crippen LogP) is 1.63. The van der Waals surface area contributed by atoms with E-state index in [2.05, 4.69) is 16.4 Å². The normalized spacial score (nSPS) is 15.3. The van der Waals surface area contributed by atoms with E-state index in [4.69, 9.17) is 4.74 Å². The largest absolute Gasteiger partial charge is 0.481 e. The van der Waals surface area contributed by atoms with E-state index in [1.807, 2.05) is 12.3 Å². The van der Waals surface area contributed by atoms with Gasteiger partial charge in [-0.3, -0.25) is 0 Å². The minimum Gasteiger partial charge on any atom is -0.481 e. The molecule has 1 saturated carbocycles. The number of hydrogen-bond acceptors (Lipinski definition) is 3. The molecule has 0 atom stereocenters. The molecule has 0 saturated heterocycles. The minimum atomic E-state index is 0.685. The highest BCUT2D eigenvalue weighted by molar-refractivity contribution is 5.17. The van der Waals surface area contributed by atoms with E-state index in [1.54, 1.807) is 7.11 Å². The van der Waals surface area contributed by atoms with E-state index >= 15 is 0 Å². The van der Waals surface area contributed by atoms with Gasteiger partial charge in [0.1, 0.15) is 0 Å². The Morgan fingerprint density at radius 3 is 2.93 bits per heavy atom. The number of aromatic nitrogens is 1. The van der Waals surface area contributed by atoms with Crippen molar-refractivity contribution in [3.63, 3.8) is 0 Å². The van der Waals surface area contributed by atoms with Crippen molar-refractivity contribution in [2.24, 2.45) is 5.92 Å². The number of rotatable bonds is 6. The van der Waals surface area contributed by atoms with Gasteiger partial charge in [-0.25, -0.2) is 4.98 Å². The molecule has 0 unspecified atom stereocenters. The SMILES string of the molecule is COc1ccc(CCNCC2CC2)cn1. The smallest absolute Gasteiger partial charge is 0.212 e. The molecule has 0 radical (unpaired) electrons. The first-order valence-corrected chi connectivity index (χ1v) is 5.58. The average molecular weight is 206 g/mol. The monoisotopic (exact) mass is 206 g/mol. The lowest BCUT2D eigenvalue weighted by atomic mass is 10.2. The van der Waals surface area contributed by atoms with E-state index in [9.17, 15) is 0 Å². The van der Waals surface area contributed by atoms with Crippen molar-refractivity contribution in [3.8, 4) is 5.88 Å². The molecule has 0 spiro atoms. The summed E-state index contributed by atoms with van der Waals surface area (Å²) in [5.41, 5.74) is 1.26. The molecule has 1 aromatic rings. The zero-order valence-corrected chi connectivity index (χ0v) is 9.20. The molecule has 1 fully saturated rings. The molecule has 82 valence electrons. The molecule has 0 amide bonds. The van der Waals surface area contributed by atoms with Crippen LogP contribution in [0.3, 0.4) is 0 Å². The Hall–Kier alpha value is -1.09. The van der Waals surface area contributed by atoms with Gasteiger partial charge in [0, 0.05) is 12.3 Å². The Morgan fingerprint density at radius 2 is 2.33 bits per heavy atom. The van der Waals surface area contributed by atoms with E-state index in [0.717, 1.165) is 18.9 Å². The molecule has 2 rings (SSSR count). The van der Waals surface area contributed by atoms with Crippen LogP contribution in [0.5, 0.6) is 5.88 Å². The molecular weight excluding hydrogens is 188 g/mol. The van der Waals surface area contributed by atoms with Crippen LogP contribution in [0.4, 0.5) is 0 Å². The third-order valence-electron chi connectivity index (χ3n) is 2.73. The lowest BCUT2D eigenvalue weighted by Crippen LogP contribution is -2.19. The molecule has 3 heteroatoms. The molecule has 0 aliphatic heterocycles. The predicted molar refractivity (Wildman–Crippen MR) is 60.1 cm³/mol. The molecule has 0 bridgehead atoms. The molecule has 3 nitrogen and oxygen atoms in total. The Kier molecular flexibility index (Phi) is 3.56. The van der Waals surface area contributed by atoms with Crippen LogP contribution in [0.15, 0.2) is 18.3 Å². The zero-order valence-electron chi connectivity index (χ0n) is 9.20. The summed E-state index contributed by atoms with van der Waals surface area (Å²) in [7, 11) is 1.64. The van der Waals surface area contributed by atoms with E-state index < -0.39 is 0 Å². The fourth-order valence-corrected chi connectivity index (χ4v) is 1.54. The van der Waals surface area contributed by atoms with Gasteiger partial charge in [-0.05, 0) is 43.8 Å². The molecule has 1 aliphatic rings. The molecule has 1 heterocycles. The van der Waals surface area contributed by atoms with Crippen molar-refractivity contribution < 1.29 is 4.74 Å². The first-order chi connectivity index (χ1) is 7.38. The summed E-state index contributed by atoms with van der Waals surface area (Å²) in [4.78, 5) is 4.17. The molecule has 1 N–H and O–H groups in total. The third kappa shape index (κ3) is 3.51. The highest BCUT2D eigenvalue weighted by atomic mass is 16.5. The number of nitrogens with one attached hydrogen (secondary N) is 1. The van der Waals surface area contributed by atoms with Crippen LogP contribution in [0, 0.1) is 5.92 Å². The van der Waals surface area contributed by atoms with Crippen LogP contribution < -0.4 is 10.1 Å². The number of hydrogen-bond donors (Lipinski definition) is 1. The third-order valence-corrected chi connectivity index (χ3v) is 2.73. The van der Waals surface area contributed by atoms with E-state index in [-0.39, 0.29) is 0 Å². The van der Waals surface area contributed by atoms with Gasteiger partial charge >= 0.3 is 0 Å². The van der Waals surface area contributed by atoms with Crippen molar-refractivity contribution in [2.45, 2.75) is 19.3 Å². The quantitative estimate of drug-likeness (QED) is 0.718. The van der Waals surface area contributed by atoms with E-state index in [1.165, 1.54) is 24.9 Å². The highest BCUT2D eigenvalue weighted by Crippen LogP contribution is 2.27. The van der Waals surface area contributed by atoms with Crippen molar-refractivity contribution in [1.82, 2.24) is 10.3 Å². The van der Waals surface area contributed by atoms with Crippen LogP contribution in [-0.2, 0) is 6.42 Å². The standard InChI is InChI=1S/C12H18N2O/c1-15-12-5-4-11(9-14-12)6-7-13-8-10-2-3-10/h4-5,9-10,13H,2-3,6-8H2,1H3. The second-order valence-corrected chi connectivity index (χ2v) is 4.11. The van der Waals surface area contributed by atoms with E-state index in [0.29, 0.717) is 5.88 Å². The molecule has 0 aromatic carbocycles. The van der Waals surface area contributed by atoms with Crippen molar-refractivity contribution in [3.05, 3.63) is 23.9 Å². The molecule has 15 heavy (non-hydrogen) atoms. The fraction of sp³-hybridized carbons (Fsp3) is 0.583. The summed E-state index contributed by atoms with van der Waals surface area (Å²) in [6.45, 7) is 2.23. The maximum atomic E-state index is 5.01. The average Bonchev–Trinajstić information content (AvgIpc) is 3.09. The summed E-state index contributed by atoms with van der Waals surface area (Å²) in [5, 5.41) is 3.47. The second-order valence-electron chi connectivity index (χ2n) is 4.11. The molecule has 1 aromatic heterocycles.